The smallest absolute Gasteiger partial charge is 0.330 e. The summed E-state index contributed by atoms with van der Waals surface area (Å²) in [6, 6.07) is 0. The monoisotopic (exact) mass is 227 g/mol. The molecule has 0 bridgehead atoms. The molecule has 90 valence electrons. The molecular weight excluding hydrogens is 210 g/mol. The molecule has 2 heterocycles. The van der Waals surface area contributed by atoms with Gasteiger partial charge in [-0.05, 0) is 6.92 Å². The van der Waals surface area contributed by atoms with E-state index in [1.165, 1.54) is 0 Å². The largest absolute Gasteiger partial charge is 0.478 e. The fourth-order valence-corrected chi connectivity index (χ4v) is 2.07. The van der Waals surface area contributed by atoms with Crippen molar-refractivity contribution in [2.24, 2.45) is 0 Å². The highest BCUT2D eigenvalue weighted by molar-refractivity contribution is 5.85. The van der Waals surface area contributed by atoms with E-state index in [1.807, 2.05) is 0 Å². The first-order chi connectivity index (χ1) is 7.61. The summed E-state index contributed by atoms with van der Waals surface area (Å²) in [5, 5.41) is 8.72. The molecule has 0 atom stereocenters. The number of carbonyl (C=O) groups is 1. The van der Waals surface area contributed by atoms with Gasteiger partial charge in [-0.2, -0.15) is 0 Å². The summed E-state index contributed by atoms with van der Waals surface area (Å²) >= 11 is 0. The summed E-state index contributed by atoms with van der Waals surface area (Å²) in [4.78, 5) is 12.8. The van der Waals surface area contributed by atoms with Gasteiger partial charge >= 0.3 is 5.97 Å². The summed E-state index contributed by atoms with van der Waals surface area (Å²) in [5.74, 6) is -1.27. The molecule has 0 aromatic carbocycles. The van der Waals surface area contributed by atoms with Crippen molar-refractivity contribution in [3.63, 3.8) is 0 Å². The average molecular weight is 227 g/mol. The number of rotatable bonds is 3. The van der Waals surface area contributed by atoms with Crippen molar-refractivity contribution in [1.82, 2.24) is 4.90 Å². The van der Waals surface area contributed by atoms with E-state index >= 15 is 0 Å². The Kier molecular flexibility index (Phi) is 3.28. The molecule has 5 heteroatoms. The molecule has 0 saturated carbocycles. The minimum atomic E-state index is -0.859. The third-order valence-electron chi connectivity index (χ3n) is 3.08. The summed E-state index contributed by atoms with van der Waals surface area (Å²) < 4.78 is 11.2. The predicted octanol–water partition coefficient (Wildman–Crippen LogP) is 0.466. The highest BCUT2D eigenvalue weighted by Crippen LogP contribution is 2.30. The average Bonchev–Trinajstić information content (AvgIpc) is 2.86. The van der Waals surface area contributed by atoms with E-state index in [9.17, 15) is 4.79 Å². The van der Waals surface area contributed by atoms with Gasteiger partial charge in [-0.25, -0.2) is 4.79 Å². The Morgan fingerprint density at radius 2 is 2.19 bits per heavy atom. The van der Waals surface area contributed by atoms with Gasteiger partial charge in [0.2, 0.25) is 0 Å². The fourth-order valence-electron chi connectivity index (χ4n) is 2.07. The Labute approximate surface area is 94.6 Å². The molecule has 16 heavy (non-hydrogen) atoms. The molecule has 0 unspecified atom stereocenters. The van der Waals surface area contributed by atoms with Gasteiger partial charge < -0.3 is 14.6 Å². The van der Waals surface area contributed by atoms with Gasteiger partial charge in [0, 0.05) is 25.1 Å². The summed E-state index contributed by atoms with van der Waals surface area (Å²) in [7, 11) is 0. The highest BCUT2D eigenvalue weighted by Gasteiger charge is 2.42. The van der Waals surface area contributed by atoms with E-state index in [-0.39, 0.29) is 0 Å². The summed E-state index contributed by atoms with van der Waals surface area (Å²) in [6.45, 7) is 5.21. The molecule has 2 fully saturated rings. The van der Waals surface area contributed by atoms with E-state index in [2.05, 4.69) is 4.90 Å². The van der Waals surface area contributed by atoms with E-state index < -0.39 is 11.8 Å². The first-order valence-electron chi connectivity index (χ1n) is 5.52. The van der Waals surface area contributed by atoms with E-state index in [1.54, 1.807) is 13.0 Å². The molecule has 0 aliphatic carbocycles. The summed E-state index contributed by atoms with van der Waals surface area (Å²) in [6.07, 6.45) is 2.60. The second-order valence-electron chi connectivity index (χ2n) is 4.29. The van der Waals surface area contributed by atoms with Crippen molar-refractivity contribution in [2.45, 2.75) is 19.1 Å². The third-order valence-corrected chi connectivity index (χ3v) is 3.08. The molecule has 2 rings (SSSR count). The number of aliphatic carboxylic acids is 1. The maximum absolute atomic E-state index is 10.6. The molecule has 5 nitrogen and oxygen atoms in total. The number of carboxylic acid groups (broad SMARTS) is 1. The Bertz CT molecular complexity index is 307. The molecule has 2 aliphatic rings. The van der Waals surface area contributed by atoms with Gasteiger partial charge in [0.1, 0.15) is 0 Å². The zero-order valence-corrected chi connectivity index (χ0v) is 9.44. The molecule has 1 N–H and O–H groups in total. The Morgan fingerprint density at radius 3 is 2.81 bits per heavy atom. The van der Waals surface area contributed by atoms with Crippen LogP contribution in [0.2, 0.25) is 0 Å². The Hall–Kier alpha value is -0.910. The van der Waals surface area contributed by atoms with Crippen LogP contribution in [-0.2, 0) is 14.3 Å². The van der Waals surface area contributed by atoms with Gasteiger partial charge in [0.05, 0.1) is 19.8 Å². The van der Waals surface area contributed by atoms with Crippen LogP contribution in [0.1, 0.15) is 13.3 Å². The van der Waals surface area contributed by atoms with Gasteiger partial charge in [0.15, 0.2) is 5.79 Å². The van der Waals surface area contributed by atoms with Crippen LogP contribution >= 0.6 is 0 Å². The topological polar surface area (TPSA) is 59.0 Å². The van der Waals surface area contributed by atoms with Gasteiger partial charge in [0.25, 0.3) is 0 Å². The lowest BCUT2D eigenvalue weighted by Crippen LogP contribution is -2.34. The lowest BCUT2D eigenvalue weighted by Gasteiger charge is -2.21. The lowest BCUT2D eigenvalue weighted by molar-refractivity contribution is -0.144. The van der Waals surface area contributed by atoms with Crippen LogP contribution in [-0.4, -0.2) is 54.6 Å². The van der Waals surface area contributed by atoms with Crippen molar-refractivity contribution in [3.05, 3.63) is 11.6 Å². The lowest BCUT2D eigenvalue weighted by atomic mass is 10.2. The van der Waals surface area contributed by atoms with Gasteiger partial charge in [-0.15, -0.1) is 0 Å². The minimum Gasteiger partial charge on any atom is -0.478 e. The number of likely N-dealkylation sites (tertiary alicyclic amines) is 1. The summed E-state index contributed by atoms with van der Waals surface area (Å²) in [5.41, 5.74) is 0.384. The second kappa shape index (κ2) is 4.53. The molecule has 2 aliphatic heterocycles. The predicted molar refractivity (Wildman–Crippen MR) is 57.1 cm³/mol. The van der Waals surface area contributed by atoms with Crippen molar-refractivity contribution < 1.29 is 19.4 Å². The van der Waals surface area contributed by atoms with E-state index in [4.69, 9.17) is 14.6 Å². The van der Waals surface area contributed by atoms with Crippen LogP contribution in [0.4, 0.5) is 0 Å². The fraction of sp³-hybridized carbons (Fsp3) is 0.727. The van der Waals surface area contributed by atoms with Crippen molar-refractivity contribution in [1.29, 1.82) is 0 Å². The molecule has 0 radical (unpaired) electrons. The Balaban J connectivity index is 1.85. The van der Waals surface area contributed by atoms with Gasteiger partial charge in [-0.3, -0.25) is 4.90 Å². The SMILES string of the molecule is C/C(=C\CN1CCC2(C1)OCCO2)C(=O)O. The van der Waals surface area contributed by atoms with E-state index in [0.29, 0.717) is 25.3 Å². The van der Waals surface area contributed by atoms with Crippen LogP contribution < -0.4 is 0 Å². The van der Waals surface area contributed by atoms with Crippen molar-refractivity contribution in [3.8, 4) is 0 Å². The van der Waals surface area contributed by atoms with Crippen LogP contribution in [0.3, 0.4) is 0 Å². The van der Waals surface area contributed by atoms with Gasteiger partial charge in [-0.1, -0.05) is 6.08 Å². The maximum Gasteiger partial charge on any atom is 0.330 e. The molecular formula is C11H17NO4. The molecule has 1 spiro atoms. The first-order valence-corrected chi connectivity index (χ1v) is 5.52. The minimum absolute atomic E-state index is 0.384. The van der Waals surface area contributed by atoms with Crippen molar-refractivity contribution >= 4 is 5.97 Å². The number of carboxylic acids is 1. The maximum atomic E-state index is 10.6. The second-order valence-corrected chi connectivity index (χ2v) is 4.29. The number of hydrogen-bond acceptors (Lipinski definition) is 4. The highest BCUT2D eigenvalue weighted by atomic mass is 16.7. The van der Waals surface area contributed by atoms with Crippen LogP contribution in [0.25, 0.3) is 0 Å². The molecule has 2 saturated heterocycles. The quantitative estimate of drug-likeness (QED) is 0.710. The van der Waals surface area contributed by atoms with Crippen LogP contribution in [0.5, 0.6) is 0 Å². The zero-order valence-electron chi connectivity index (χ0n) is 9.44. The molecule has 0 aromatic heterocycles. The number of ether oxygens (including phenoxy) is 2. The first kappa shape index (κ1) is 11.6. The molecule has 0 amide bonds. The number of hydrogen-bond donors (Lipinski definition) is 1. The van der Waals surface area contributed by atoms with E-state index in [0.717, 1.165) is 19.5 Å². The third kappa shape index (κ3) is 2.42. The van der Waals surface area contributed by atoms with Crippen LogP contribution in [0, 0.1) is 0 Å². The molecule has 0 aromatic rings. The van der Waals surface area contributed by atoms with Crippen molar-refractivity contribution in [2.75, 3.05) is 32.8 Å². The van der Waals surface area contributed by atoms with Crippen LogP contribution in [0.15, 0.2) is 11.6 Å². The number of nitrogens with zero attached hydrogens (tertiary/aromatic N) is 1. The Morgan fingerprint density at radius 1 is 1.50 bits per heavy atom. The normalized spacial score (nSPS) is 25.4. The zero-order chi connectivity index (χ0) is 11.6. The standard InChI is InChI=1S/C11H17NO4/c1-9(10(13)14)2-4-12-5-3-11(8-12)15-6-7-16-11/h2H,3-8H2,1H3,(H,13,14)/b9-2+.